The van der Waals surface area contributed by atoms with Crippen molar-refractivity contribution in [3.8, 4) is 5.75 Å². The molecule has 2 nitrogen and oxygen atoms in total. The first-order valence-corrected chi connectivity index (χ1v) is 6.25. The fourth-order valence-corrected chi connectivity index (χ4v) is 2.56. The Morgan fingerprint density at radius 2 is 2.40 bits per heavy atom. The van der Waals surface area contributed by atoms with Gasteiger partial charge in [0.1, 0.15) is 12.4 Å². The van der Waals surface area contributed by atoms with Crippen molar-refractivity contribution >= 4 is 27.5 Å². The number of benzene rings is 1. The molecule has 1 heterocycles. The summed E-state index contributed by atoms with van der Waals surface area (Å²) in [6, 6.07) is 4.08. The van der Waals surface area contributed by atoms with Crippen LogP contribution in [0.4, 0.5) is 0 Å². The second kappa shape index (κ2) is 4.73. The molecule has 0 fully saturated rings. The van der Waals surface area contributed by atoms with Crippen LogP contribution in [0.5, 0.6) is 5.75 Å². The van der Waals surface area contributed by atoms with Crippen molar-refractivity contribution in [1.29, 1.82) is 0 Å². The van der Waals surface area contributed by atoms with Gasteiger partial charge < -0.3 is 10.1 Å². The van der Waals surface area contributed by atoms with Crippen LogP contribution in [-0.2, 0) is 0 Å². The van der Waals surface area contributed by atoms with Crippen molar-refractivity contribution in [2.24, 2.45) is 0 Å². The average molecular weight is 291 g/mol. The summed E-state index contributed by atoms with van der Waals surface area (Å²) in [5.41, 5.74) is 1.15. The van der Waals surface area contributed by atoms with E-state index >= 15 is 0 Å². The fourth-order valence-electron chi connectivity index (χ4n) is 1.75. The molecule has 15 heavy (non-hydrogen) atoms. The summed E-state index contributed by atoms with van der Waals surface area (Å²) < 4.78 is 6.66. The number of hydrogen-bond acceptors (Lipinski definition) is 2. The third kappa shape index (κ3) is 2.14. The molecule has 0 amide bonds. The SMILES string of the molecule is CCCNC1COc2c(Cl)ccc(Br)c21. The number of nitrogens with one attached hydrogen (secondary N) is 1. The van der Waals surface area contributed by atoms with E-state index in [1.807, 2.05) is 12.1 Å². The van der Waals surface area contributed by atoms with Crippen LogP contribution >= 0.6 is 27.5 Å². The topological polar surface area (TPSA) is 21.3 Å². The zero-order valence-corrected chi connectivity index (χ0v) is 10.9. The second-order valence-electron chi connectivity index (χ2n) is 3.59. The second-order valence-corrected chi connectivity index (χ2v) is 4.85. The first-order valence-electron chi connectivity index (χ1n) is 5.08. The van der Waals surface area contributed by atoms with Gasteiger partial charge in [0.25, 0.3) is 0 Å². The van der Waals surface area contributed by atoms with Crippen LogP contribution in [0.3, 0.4) is 0 Å². The Morgan fingerprint density at radius 3 is 3.13 bits per heavy atom. The van der Waals surface area contributed by atoms with Crippen LogP contribution < -0.4 is 10.1 Å². The minimum Gasteiger partial charge on any atom is -0.490 e. The van der Waals surface area contributed by atoms with Crippen LogP contribution in [0.25, 0.3) is 0 Å². The van der Waals surface area contributed by atoms with Gasteiger partial charge in [-0.1, -0.05) is 34.5 Å². The van der Waals surface area contributed by atoms with Gasteiger partial charge in [0, 0.05) is 10.0 Å². The van der Waals surface area contributed by atoms with E-state index in [1.54, 1.807) is 0 Å². The van der Waals surface area contributed by atoms with Gasteiger partial charge in [-0.3, -0.25) is 0 Å². The fraction of sp³-hybridized carbons (Fsp3) is 0.455. The Hall–Kier alpha value is -0.250. The molecule has 0 spiro atoms. The molecular weight excluding hydrogens is 277 g/mol. The van der Waals surface area contributed by atoms with Gasteiger partial charge in [0.15, 0.2) is 0 Å². The molecule has 1 unspecified atom stereocenters. The zero-order chi connectivity index (χ0) is 10.8. The molecule has 0 saturated carbocycles. The lowest BCUT2D eigenvalue weighted by Gasteiger charge is -2.11. The molecule has 1 atom stereocenters. The van der Waals surface area contributed by atoms with Gasteiger partial charge in [-0.05, 0) is 25.1 Å². The van der Waals surface area contributed by atoms with Crippen molar-refractivity contribution in [2.75, 3.05) is 13.2 Å². The number of rotatable bonds is 3. The minimum atomic E-state index is 0.257. The molecule has 2 rings (SSSR count). The monoisotopic (exact) mass is 289 g/mol. The Kier molecular flexibility index (Phi) is 3.54. The van der Waals surface area contributed by atoms with Crippen molar-refractivity contribution in [3.05, 3.63) is 27.2 Å². The van der Waals surface area contributed by atoms with Crippen molar-refractivity contribution in [1.82, 2.24) is 5.32 Å². The van der Waals surface area contributed by atoms with E-state index in [1.165, 1.54) is 0 Å². The zero-order valence-electron chi connectivity index (χ0n) is 8.52. The standard InChI is InChI=1S/C11H13BrClNO/c1-2-5-14-9-6-15-11-8(13)4-3-7(12)10(9)11/h3-4,9,14H,2,5-6H2,1H3. The molecule has 0 radical (unpaired) electrons. The van der Waals surface area contributed by atoms with Crippen molar-refractivity contribution in [3.63, 3.8) is 0 Å². The third-order valence-electron chi connectivity index (χ3n) is 2.48. The summed E-state index contributed by atoms with van der Waals surface area (Å²) >= 11 is 9.60. The normalized spacial score (nSPS) is 18.7. The summed E-state index contributed by atoms with van der Waals surface area (Å²) in [5.74, 6) is 0.819. The summed E-state index contributed by atoms with van der Waals surface area (Å²) in [6.07, 6.45) is 1.12. The summed E-state index contributed by atoms with van der Waals surface area (Å²) in [7, 11) is 0. The first-order chi connectivity index (χ1) is 7.24. The number of fused-ring (bicyclic) bond motifs is 1. The van der Waals surface area contributed by atoms with Gasteiger partial charge in [-0.15, -0.1) is 0 Å². The Balaban J connectivity index is 2.28. The first kappa shape index (κ1) is 11.2. The number of halogens is 2. The van der Waals surface area contributed by atoms with Crippen LogP contribution in [-0.4, -0.2) is 13.2 Å². The molecular formula is C11H13BrClNO. The van der Waals surface area contributed by atoms with E-state index in [9.17, 15) is 0 Å². The maximum absolute atomic E-state index is 6.07. The quantitative estimate of drug-likeness (QED) is 0.919. The lowest BCUT2D eigenvalue weighted by atomic mass is 10.1. The van der Waals surface area contributed by atoms with Gasteiger partial charge >= 0.3 is 0 Å². The van der Waals surface area contributed by atoms with Gasteiger partial charge in [-0.2, -0.15) is 0 Å². The van der Waals surface area contributed by atoms with Crippen LogP contribution in [0.1, 0.15) is 24.9 Å². The van der Waals surface area contributed by atoms with Crippen molar-refractivity contribution < 1.29 is 4.74 Å². The van der Waals surface area contributed by atoms with E-state index in [0.717, 1.165) is 28.8 Å². The molecule has 1 aliphatic heterocycles. The smallest absolute Gasteiger partial charge is 0.144 e. The van der Waals surface area contributed by atoms with E-state index < -0.39 is 0 Å². The highest BCUT2D eigenvalue weighted by Gasteiger charge is 2.27. The molecule has 1 N–H and O–H groups in total. The maximum atomic E-state index is 6.07. The third-order valence-corrected chi connectivity index (χ3v) is 3.47. The molecule has 0 saturated heterocycles. The van der Waals surface area contributed by atoms with Crippen LogP contribution in [0.2, 0.25) is 5.02 Å². The van der Waals surface area contributed by atoms with Gasteiger partial charge in [0.05, 0.1) is 11.1 Å². The Morgan fingerprint density at radius 1 is 1.60 bits per heavy atom. The molecule has 82 valence electrons. The Bertz CT molecular complexity index is 370. The van der Waals surface area contributed by atoms with Gasteiger partial charge in [-0.25, -0.2) is 0 Å². The molecule has 1 aliphatic rings. The highest BCUT2D eigenvalue weighted by molar-refractivity contribution is 9.10. The summed E-state index contributed by atoms with van der Waals surface area (Å²) in [5, 5.41) is 4.13. The highest BCUT2D eigenvalue weighted by Crippen LogP contribution is 2.42. The summed E-state index contributed by atoms with van der Waals surface area (Å²) in [6.45, 7) is 3.81. The molecule has 1 aromatic rings. The predicted molar refractivity (Wildman–Crippen MR) is 65.7 cm³/mol. The lowest BCUT2D eigenvalue weighted by Crippen LogP contribution is -2.23. The van der Waals surface area contributed by atoms with E-state index in [2.05, 4.69) is 28.2 Å². The van der Waals surface area contributed by atoms with Crippen molar-refractivity contribution in [2.45, 2.75) is 19.4 Å². The highest BCUT2D eigenvalue weighted by atomic mass is 79.9. The lowest BCUT2D eigenvalue weighted by molar-refractivity contribution is 0.311. The van der Waals surface area contributed by atoms with Crippen LogP contribution in [0.15, 0.2) is 16.6 Å². The molecule has 0 aromatic heterocycles. The number of hydrogen-bond donors (Lipinski definition) is 1. The average Bonchev–Trinajstić information content (AvgIpc) is 2.65. The van der Waals surface area contributed by atoms with E-state index in [4.69, 9.17) is 16.3 Å². The van der Waals surface area contributed by atoms with Gasteiger partial charge in [0.2, 0.25) is 0 Å². The Labute approximate surface area is 103 Å². The molecule has 1 aromatic carbocycles. The minimum absolute atomic E-state index is 0.257. The predicted octanol–water partition coefficient (Wildman–Crippen LogP) is 3.54. The molecule has 4 heteroatoms. The molecule has 0 bridgehead atoms. The largest absolute Gasteiger partial charge is 0.490 e. The van der Waals surface area contributed by atoms with E-state index in [0.29, 0.717) is 11.6 Å². The van der Waals surface area contributed by atoms with E-state index in [-0.39, 0.29) is 6.04 Å². The van der Waals surface area contributed by atoms with Crippen LogP contribution in [0, 0.1) is 0 Å². The number of ether oxygens (including phenoxy) is 1. The maximum Gasteiger partial charge on any atom is 0.144 e. The molecule has 0 aliphatic carbocycles. The summed E-state index contributed by atoms with van der Waals surface area (Å²) in [4.78, 5) is 0.